The highest BCUT2D eigenvalue weighted by molar-refractivity contribution is 5.96. The number of carbonyl (C=O) groups excluding carboxylic acids is 2. The summed E-state index contributed by atoms with van der Waals surface area (Å²) >= 11 is 0. The number of nitrogens with zero attached hydrogens (tertiary/aromatic N) is 2. The second-order valence-corrected chi connectivity index (χ2v) is 9.29. The molecule has 6 atom stereocenters. The van der Waals surface area contributed by atoms with Gasteiger partial charge in [-0.1, -0.05) is 20.3 Å². The van der Waals surface area contributed by atoms with Crippen LogP contribution in [0.2, 0.25) is 0 Å². The fraction of sp³-hybridized carbons (Fsp3) is 0.583. The van der Waals surface area contributed by atoms with Crippen molar-refractivity contribution in [3.05, 3.63) is 29.5 Å². The Bertz CT molecular complexity index is 1030. The molecule has 6 nitrogen and oxygen atoms in total. The van der Waals surface area contributed by atoms with E-state index in [1.165, 1.54) is 31.0 Å². The Morgan fingerprint density at radius 3 is 2.77 bits per heavy atom. The average Bonchev–Trinajstić information content (AvgIpc) is 3.08. The Morgan fingerprint density at radius 1 is 1.27 bits per heavy atom. The normalized spacial score (nSPS) is 31.9. The van der Waals surface area contributed by atoms with E-state index in [-0.39, 0.29) is 12.0 Å². The van der Waals surface area contributed by atoms with Crippen molar-refractivity contribution >= 4 is 22.9 Å². The number of piperidine rings is 1. The molecule has 2 fully saturated rings. The van der Waals surface area contributed by atoms with Gasteiger partial charge in [0.1, 0.15) is 5.75 Å². The summed E-state index contributed by atoms with van der Waals surface area (Å²) in [4.78, 5) is 27.3. The van der Waals surface area contributed by atoms with Crippen molar-refractivity contribution in [1.29, 1.82) is 0 Å². The lowest BCUT2D eigenvalue weighted by atomic mass is 9.77. The van der Waals surface area contributed by atoms with Crippen LogP contribution in [0.1, 0.15) is 57.2 Å². The molecule has 1 amide bonds. The quantitative estimate of drug-likeness (QED) is 0.604. The van der Waals surface area contributed by atoms with Gasteiger partial charge in [0.2, 0.25) is 0 Å². The molecule has 1 aromatic heterocycles. The van der Waals surface area contributed by atoms with Gasteiger partial charge in [0.15, 0.2) is 0 Å². The van der Waals surface area contributed by atoms with Crippen molar-refractivity contribution in [1.82, 2.24) is 14.8 Å². The molecule has 3 unspecified atom stereocenters. The Kier molecular flexibility index (Phi) is 4.65. The lowest BCUT2D eigenvalue weighted by Crippen LogP contribution is -2.49. The largest absolute Gasteiger partial charge is 0.427 e. The van der Waals surface area contributed by atoms with Crippen molar-refractivity contribution < 1.29 is 14.3 Å². The van der Waals surface area contributed by atoms with Crippen molar-refractivity contribution in [2.45, 2.75) is 64.5 Å². The van der Waals surface area contributed by atoms with Gasteiger partial charge in [-0.15, -0.1) is 0 Å². The maximum atomic E-state index is 13.1. The first kappa shape index (κ1) is 19.6. The van der Waals surface area contributed by atoms with E-state index < -0.39 is 0 Å². The van der Waals surface area contributed by atoms with Gasteiger partial charge in [-0.2, -0.15) is 0 Å². The van der Waals surface area contributed by atoms with Crippen LogP contribution >= 0.6 is 0 Å². The number of amides is 1. The minimum absolute atomic E-state index is 0.0857. The van der Waals surface area contributed by atoms with E-state index in [1.54, 1.807) is 13.1 Å². The molecule has 6 heteroatoms. The van der Waals surface area contributed by atoms with E-state index in [4.69, 9.17) is 4.74 Å². The Labute approximate surface area is 177 Å². The predicted octanol–water partition coefficient (Wildman–Crippen LogP) is 3.90. The molecule has 5 rings (SSSR count). The molecule has 3 aliphatic rings. The van der Waals surface area contributed by atoms with Crippen LogP contribution in [0.25, 0.3) is 10.9 Å². The summed E-state index contributed by atoms with van der Waals surface area (Å²) in [6.07, 6.45) is 4.49. The third-order valence-corrected chi connectivity index (χ3v) is 7.81. The molecule has 3 aliphatic heterocycles. The molecule has 0 saturated carbocycles. The Morgan fingerprint density at radius 2 is 2.07 bits per heavy atom. The second kappa shape index (κ2) is 7.12. The highest BCUT2D eigenvalue weighted by Gasteiger charge is 2.53. The van der Waals surface area contributed by atoms with E-state index in [1.807, 2.05) is 16.7 Å². The zero-order valence-corrected chi connectivity index (χ0v) is 18.3. The van der Waals surface area contributed by atoms with Gasteiger partial charge in [-0.05, 0) is 54.9 Å². The molecule has 1 aromatic carbocycles. The van der Waals surface area contributed by atoms with Crippen LogP contribution < -0.4 is 10.1 Å². The summed E-state index contributed by atoms with van der Waals surface area (Å²) < 4.78 is 7.27. The molecular weight excluding hydrogens is 378 g/mol. The zero-order valence-electron chi connectivity index (χ0n) is 18.3. The highest BCUT2D eigenvalue weighted by Crippen LogP contribution is 2.53. The van der Waals surface area contributed by atoms with E-state index in [2.05, 4.69) is 24.1 Å². The SMILES string of the molecule is CC[C@@H]1C2[C@H]3CC(C[C@@H]1C)N2CCc1c3n(C(=O)NC)c2ccc(OC(C)=O)cc12. The summed E-state index contributed by atoms with van der Waals surface area (Å²) in [5, 5.41) is 3.89. The van der Waals surface area contributed by atoms with E-state index in [0.717, 1.165) is 36.2 Å². The molecule has 4 heterocycles. The van der Waals surface area contributed by atoms with Crippen molar-refractivity contribution in [2.75, 3.05) is 13.6 Å². The van der Waals surface area contributed by atoms with Gasteiger partial charge in [0.05, 0.1) is 5.52 Å². The molecule has 2 saturated heterocycles. The highest BCUT2D eigenvalue weighted by atomic mass is 16.5. The van der Waals surface area contributed by atoms with E-state index in [0.29, 0.717) is 29.7 Å². The maximum Gasteiger partial charge on any atom is 0.326 e. The van der Waals surface area contributed by atoms with Crippen molar-refractivity contribution in [2.24, 2.45) is 11.8 Å². The molecule has 30 heavy (non-hydrogen) atoms. The molecule has 4 bridgehead atoms. The smallest absolute Gasteiger partial charge is 0.326 e. The van der Waals surface area contributed by atoms with Crippen molar-refractivity contribution in [3.8, 4) is 5.75 Å². The summed E-state index contributed by atoms with van der Waals surface area (Å²) in [6.45, 7) is 7.17. The van der Waals surface area contributed by atoms with E-state index in [9.17, 15) is 9.59 Å². The van der Waals surface area contributed by atoms with Crippen LogP contribution in [0.15, 0.2) is 18.2 Å². The molecule has 2 aromatic rings. The number of hydrogen-bond donors (Lipinski definition) is 1. The summed E-state index contributed by atoms with van der Waals surface area (Å²) in [5.74, 6) is 1.96. The first-order valence-corrected chi connectivity index (χ1v) is 11.3. The van der Waals surface area contributed by atoms with Crippen molar-refractivity contribution in [3.63, 3.8) is 0 Å². The molecular formula is C24H31N3O3. The van der Waals surface area contributed by atoms with Gasteiger partial charge in [0.25, 0.3) is 0 Å². The van der Waals surface area contributed by atoms with Gasteiger partial charge in [0, 0.05) is 49.6 Å². The third kappa shape index (κ3) is 2.73. The molecule has 0 aliphatic carbocycles. The Hall–Kier alpha value is -2.34. The molecule has 160 valence electrons. The number of rotatable bonds is 2. The number of carbonyl (C=O) groups is 2. The van der Waals surface area contributed by atoms with Crippen LogP contribution in [0.5, 0.6) is 5.75 Å². The summed E-state index contributed by atoms with van der Waals surface area (Å²) in [6, 6.07) is 6.70. The van der Waals surface area contributed by atoms with Gasteiger partial charge in [-0.25, -0.2) is 4.79 Å². The number of hydrogen-bond acceptors (Lipinski definition) is 4. The summed E-state index contributed by atoms with van der Waals surface area (Å²) in [7, 11) is 1.70. The van der Waals surface area contributed by atoms with Crippen LogP contribution in [-0.2, 0) is 11.2 Å². The van der Waals surface area contributed by atoms with Crippen LogP contribution in [0, 0.1) is 11.8 Å². The topological polar surface area (TPSA) is 63.6 Å². The number of aromatic nitrogens is 1. The fourth-order valence-electron chi connectivity index (χ4n) is 6.82. The van der Waals surface area contributed by atoms with Crippen LogP contribution in [0.3, 0.4) is 0 Å². The Balaban J connectivity index is 1.73. The molecule has 1 N–H and O–H groups in total. The number of ether oxygens (including phenoxy) is 1. The van der Waals surface area contributed by atoms with E-state index >= 15 is 0 Å². The zero-order chi connectivity index (χ0) is 21.2. The average molecular weight is 410 g/mol. The first-order chi connectivity index (χ1) is 14.4. The lowest BCUT2D eigenvalue weighted by molar-refractivity contribution is -0.131. The standard InChI is InChI=1S/C24H31N3O3/c1-5-17-13(2)10-15-11-20-22(17)26(15)9-8-18-19-12-16(30-14(3)28)6-7-21(19)27(23(18)20)24(29)25-4/h6-7,12-13,15,17,20,22H,5,8-11H2,1-4H3,(H,25,29)/t13-,15?,17-,20+,22?/m0/s1. The van der Waals surface area contributed by atoms with Crippen LogP contribution in [0.4, 0.5) is 4.79 Å². The van der Waals surface area contributed by atoms with Crippen LogP contribution in [-0.4, -0.2) is 47.1 Å². The molecule has 0 radical (unpaired) electrons. The number of benzene rings is 1. The third-order valence-electron chi connectivity index (χ3n) is 7.81. The fourth-order valence-corrected chi connectivity index (χ4v) is 6.82. The summed E-state index contributed by atoms with van der Waals surface area (Å²) in [5.41, 5.74) is 3.35. The van der Waals surface area contributed by atoms with Gasteiger partial charge in [-0.3, -0.25) is 14.3 Å². The number of esters is 1. The van der Waals surface area contributed by atoms with Gasteiger partial charge < -0.3 is 10.1 Å². The first-order valence-electron chi connectivity index (χ1n) is 11.3. The van der Waals surface area contributed by atoms with Gasteiger partial charge >= 0.3 is 12.0 Å². The lowest BCUT2D eigenvalue weighted by Gasteiger charge is -2.44. The number of nitrogens with one attached hydrogen (secondary N) is 1. The predicted molar refractivity (Wildman–Crippen MR) is 116 cm³/mol. The minimum Gasteiger partial charge on any atom is -0.427 e. The minimum atomic E-state index is -0.329. The molecule has 0 spiro atoms. The monoisotopic (exact) mass is 409 g/mol. The maximum absolute atomic E-state index is 13.1. The number of fused-ring (bicyclic) bond motifs is 4. The second-order valence-electron chi connectivity index (χ2n) is 9.29.